The second-order valence-electron chi connectivity index (χ2n) is 7.77. The first-order valence-electron chi connectivity index (χ1n) is 10.1. The average Bonchev–Trinajstić information content (AvgIpc) is 3.15. The molecule has 1 saturated carbocycles. The fourth-order valence-corrected chi connectivity index (χ4v) is 4.70. The third-order valence-corrected chi connectivity index (χ3v) is 6.07. The van der Waals surface area contributed by atoms with Crippen LogP contribution in [0.2, 0.25) is 0 Å². The Kier molecular flexibility index (Phi) is 5.47. The highest BCUT2D eigenvalue weighted by Gasteiger charge is 2.47. The maximum atomic E-state index is 13.2. The van der Waals surface area contributed by atoms with Gasteiger partial charge in [-0.25, -0.2) is 9.48 Å². The molecule has 2 aromatic rings. The zero-order valence-corrected chi connectivity index (χ0v) is 16.5. The van der Waals surface area contributed by atoms with Crippen LogP contribution >= 0.6 is 0 Å². The first-order valence-corrected chi connectivity index (χ1v) is 10.1. The number of rotatable bonds is 4. The van der Waals surface area contributed by atoms with Gasteiger partial charge < -0.3 is 9.64 Å². The van der Waals surface area contributed by atoms with Crippen molar-refractivity contribution in [3.63, 3.8) is 0 Å². The molecule has 4 rings (SSSR count). The van der Waals surface area contributed by atoms with Gasteiger partial charge >= 0.3 is 5.97 Å². The summed E-state index contributed by atoms with van der Waals surface area (Å²) in [5.74, 6) is -0.321. The lowest BCUT2D eigenvalue weighted by Gasteiger charge is -2.33. The van der Waals surface area contributed by atoms with Crippen molar-refractivity contribution in [2.75, 3.05) is 7.11 Å². The van der Waals surface area contributed by atoms with E-state index in [2.05, 4.69) is 5.10 Å². The quantitative estimate of drug-likeness (QED) is 0.742. The van der Waals surface area contributed by atoms with E-state index in [4.69, 9.17) is 4.74 Å². The number of fused-ring (bicyclic) bond motifs is 1. The van der Waals surface area contributed by atoms with Crippen molar-refractivity contribution in [1.82, 2.24) is 14.7 Å². The minimum Gasteiger partial charge on any atom is -0.467 e. The molecule has 0 spiro atoms. The molecule has 1 amide bonds. The third kappa shape index (κ3) is 3.81. The van der Waals surface area contributed by atoms with Crippen molar-refractivity contribution < 1.29 is 14.3 Å². The minimum absolute atomic E-state index is 0.0355. The van der Waals surface area contributed by atoms with Gasteiger partial charge in [0.25, 0.3) is 5.56 Å². The Morgan fingerprint density at radius 2 is 1.86 bits per heavy atom. The van der Waals surface area contributed by atoms with Crippen LogP contribution < -0.4 is 5.56 Å². The van der Waals surface area contributed by atoms with Crippen molar-refractivity contribution in [3.8, 4) is 11.3 Å². The predicted molar refractivity (Wildman–Crippen MR) is 107 cm³/mol. The zero-order chi connectivity index (χ0) is 20.4. The highest BCUT2D eigenvalue weighted by atomic mass is 16.5. The smallest absolute Gasteiger partial charge is 0.328 e. The number of amides is 1. The Balaban J connectivity index is 1.61. The molecule has 7 nitrogen and oxygen atoms in total. The number of ether oxygens (including phenoxy) is 1. The molecule has 3 atom stereocenters. The van der Waals surface area contributed by atoms with E-state index < -0.39 is 6.04 Å². The van der Waals surface area contributed by atoms with E-state index in [0.29, 0.717) is 18.0 Å². The van der Waals surface area contributed by atoms with Gasteiger partial charge in [-0.1, -0.05) is 43.2 Å². The number of benzene rings is 1. The lowest BCUT2D eigenvalue weighted by Crippen LogP contribution is -2.48. The van der Waals surface area contributed by atoms with Crippen molar-refractivity contribution in [2.24, 2.45) is 5.92 Å². The largest absolute Gasteiger partial charge is 0.467 e. The standard InChI is InChI=1S/C22H25N3O4/c1-29-22(28)19-13-16-9-5-6-10-18(16)25(19)21(27)14-24-20(26)12-11-17(23-24)15-7-3-2-4-8-15/h2-4,7-8,11-12,16,18-19H,5-6,9-10,13-14H2,1H3. The lowest BCUT2D eigenvalue weighted by molar-refractivity contribution is -0.152. The van der Waals surface area contributed by atoms with Gasteiger partial charge in [-0.05, 0) is 31.2 Å². The van der Waals surface area contributed by atoms with Crippen LogP contribution in [0.15, 0.2) is 47.3 Å². The van der Waals surface area contributed by atoms with E-state index in [9.17, 15) is 14.4 Å². The summed E-state index contributed by atoms with van der Waals surface area (Å²) in [4.78, 5) is 39.6. The van der Waals surface area contributed by atoms with Crippen LogP contribution in [0.25, 0.3) is 11.3 Å². The predicted octanol–water partition coefficient (Wildman–Crippen LogP) is 2.24. The maximum Gasteiger partial charge on any atom is 0.328 e. The number of aromatic nitrogens is 2. The van der Waals surface area contributed by atoms with E-state index >= 15 is 0 Å². The van der Waals surface area contributed by atoms with Gasteiger partial charge in [-0.3, -0.25) is 9.59 Å². The van der Waals surface area contributed by atoms with Crippen molar-refractivity contribution in [3.05, 3.63) is 52.8 Å². The average molecular weight is 395 g/mol. The lowest BCUT2D eigenvalue weighted by atomic mass is 9.85. The molecule has 2 aliphatic rings. The molecular weight excluding hydrogens is 370 g/mol. The number of hydrogen-bond donors (Lipinski definition) is 0. The van der Waals surface area contributed by atoms with E-state index in [1.165, 1.54) is 17.9 Å². The minimum atomic E-state index is -0.575. The molecule has 1 saturated heterocycles. The van der Waals surface area contributed by atoms with Crippen LogP contribution in [0.1, 0.15) is 32.1 Å². The Labute approximate surface area is 169 Å². The molecule has 0 bridgehead atoms. The molecule has 2 fully saturated rings. The van der Waals surface area contributed by atoms with Crippen LogP contribution in [0.4, 0.5) is 0 Å². The molecule has 1 aliphatic carbocycles. The molecule has 0 radical (unpaired) electrons. The molecule has 1 aliphatic heterocycles. The number of methoxy groups -OCH3 is 1. The summed E-state index contributed by atoms with van der Waals surface area (Å²) in [5, 5.41) is 4.39. The second-order valence-corrected chi connectivity index (χ2v) is 7.77. The summed E-state index contributed by atoms with van der Waals surface area (Å²) in [5.41, 5.74) is 1.15. The van der Waals surface area contributed by atoms with E-state index in [0.717, 1.165) is 31.2 Å². The van der Waals surface area contributed by atoms with Crippen molar-refractivity contribution in [2.45, 2.75) is 50.7 Å². The number of likely N-dealkylation sites (tertiary alicyclic amines) is 1. The van der Waals surface area contributed by atoms with Crippen LogP contribution in [-0.4, -0.2) is 45.8 Å². The molecule has 2 heterocycles. The molecule has 3 unspecified atom stereocenters. The first kappa shape index (κ1) is 19.4. The topological polar surface area (TPSA) is 81.5 Å². The molecule has 7 heteroatoms. The summed E-state index contributed by atoms with van der Waals surface area (Å²) in [6.45, 7) is -0.184. The number of carbonyl (C=O) groups is 2. The maximum absolute atomic E-state index is 13.2. The Hall–Kier alpha value is -2.96. The number of hydrogen-bond acceptors (Lipinski definition) is 5. The summed E-state index contributed by atoms with van der Waals surface area (Å²) >= 11 is 0. The number of nitrogens with zero attached hydrogens (tertiary/aromatic N) is 3. The fourth-order valence-electron chi connectivity index (χ4n) is 4.70. The van der Waals surface area contributed by atoms with Gasteiger partial charge in [0.2, 0.25) is 5.91 Å². The number of carbonyl (C=O) groups excluding carboxylic acids is 2. The van der Waals surface area contributed by atoms with Gasteiger partial charge in [0.05, 0.1) is 12.8 Å². The van der Waals surface area contributed by atoms with Crippen LogP contribution in [0, 0.1) is 5.92 Å². The van der Waals surface area contributed by atoms with Crippen LogP contribution in [0.3, 0.4) is 0 Å². The van der Waals surface area contributed by atoms with Crippen molar-refractivity contribution >= 4 is 11.9 Å². The highest BCUT2D eigenvalue weighted by Crippen LogP contribution is 2.40. The monoisotopic (exact) mass is 395 g/mol. The van der Waals surface area contributed by atoms with E-state index in [-0.39, 0.29) is 30.0 Å². The van der Waals surface area contributed by atoms with Gasteiger partial charge in [-0.15, -0.1) is 0 Å². The highest BCUT2D eigenvalue weighted by molar-refractivity contribution is 5.85. The first-order chi connectivity index (χ1) is 14.1. The fraction of sp³-hybridized carbons (Fsp3) is 0.455. The van der Waals surface area contributed by atoms with Crippen LogP contribution in [-0.2, 0) is 20.9 Å². The van der Waals surface area contributed by atoms with Gasteiger partial charge in [0.15, 0.2) is 0 Å². The summed E-state index contributed by atoms with van der Waals surface area (Å²) in [6, 6.07) is 12.0. The molecule has 152 valence electrons. The van der Waals surface area contributed by atoms with E-state index in [1.807, 2.05) is 30.3 Å². The molecule has 1 aromatic carbocycles. The van der Waals surface area contributed by atoms with Gasteiger partial charge in [0.1, 0.15) is 12.6 Å². The van der Waals surface area contributed by atoms with E-state index in [1.54, 1.807) is 11.0 Å². The second kappa shape index (κ2) is 8.19. The third-order valence-electron chi connectivity index (χ3n) is 6.07. The SMILES string of the molecule is COC(=O)C1CC2CCCCC2N1C(=O)Cn1nc(-c2ccccc2)ccc1=O. The molecule has 29 heavy (non-hydrogen) atoms. The summed E-state index contributed by atoms with van der Waals surface area (Å²) < 4.78 is 6.14. The van der Waals surface area contributed by atoms with Gasteiger partial charge in [-0.2, -0.15) is 5.10 Å². The Bertz CT molecular complexity index is 956. The molecule has 1 aromatic heterocycles. The summed E-state index contributed by atoms with van der Waals surface area (Å²) in [6.07, 6.45) is 4.70. The Morgan fingerprint density at radius 1 is 1.10 bits per heavy atom. The molecular formula is C22H25N3O4. The Morgan fingerprint density at radius 3 is 2.62 bits per heavy atom. The van der Waals surface area contributed by atoms with Crippen LogP contribution in [0.5, 0.6) is 0 Å². The molecule has 0 N–H and O–H groups in total. The summed E-state index contributed by atoms with van der Waals surface area (Å²) in [7, 11) is 1.35. The normalized spacial score (nSPS) is 23.5. The van der Waals surface area contributed by atoms with Crippen molar-refractivity contribution in [1.29, 1.82) is 0 Å². The van der Waals surface area contributed by atoms with Gasteiger partial charge in [0, 0.05) is 17.7 Å². The number of esters is 1. The zero-order valence-electron chi connectivity index (χ0n) is 16.5.